The van der Waals surface area contributed by atoms with Crippen molar-refractivity contribution in [2.24, 2.45) is 0 Å². The molecule has 1 aliphatic heterocycles. The summed E-state index contributed by atoms with van der Waals surface area (Å²) in [5, 5.41) is 3.43. The van der Waals surface area contributed by atoms with Crippen LogP contribution in [0.15, 0.2) is 29.2 Å². The molecule has 1 unspecified atom stereocenters. The molecule has 0 amide bonds. The van der Waals surface area contributed by atoms with Crippen LogP contribution < -0.4 is 5.32 Å². The molecule has 0 bridgehead atoms. The first kappa shape index (κ1) is 15.5. The Morgan fingerprint density at radius 3 is 2.35 bits per heavy atom. The van der Waals surface area contributed by atoms with E-state index in [9.17, 15) is 8.42 Å². The lowest BCUT2D eigenvalue weighted by Gasteiger charge is -2.41. The third-order valence-corrected chi connectivity index (χ3v) is 5.27. The van der Waals surface area contributed by atoms with E-state index < -0.39 is 9.84 Å². The fraction of sp³-hybridized carbons (Fsp3) is 0.600. The summed E-state index contributed by atoms with van der Waals surface area (Å²) < 4.78 is 29.2. The number of hydrogen-bond donors (Lipinski definition) is 1. The number of nitrogens with one attached hydrogen (secondary N) is 1. The van der Waals surface area contributed by atoms with Gasteiger partial charge in [-0.3, -0.25) is 0 Å². The lowest BCUT2D eigenvalue weighted by Crippen LogP contribution is -2.50. The molecule has 0 saturated carbocycles. The molecule has 0 radical (unpaired) electrons. The minimum atomic E-state index is -3.14. The maximum absolute atomic E-state index is 11.5. The van der Waals surface area contributed by atoms with Gasteiger partial charge in [-0.2, -0.15) is 0 Å². The molecule has 4 nitrogen and oxygen atoms in total. The first-order chi connectivity index (χ1) is 9.40. The average molecular weight is 297 g/mol. The zero-order chi connectivity index (χ0) is 14.8. The van der Waals surface area contributed by atoms with E-state index in [1.165, 1.54) is 6.26 Å². The van der Waals surface area contributed by atoms with E-state index >= 15 is 0 Å². The van der Waals surface area contributed by atoms with Crippen LogP contribution in [-0.4, -0.2) is 33.4 Å². The number of hydrogen-bond acceptors (Lipinski definition) is 4. The van der Waals surface area contributed by atoms with Crippen LogP contribution in [0.4, 0.5) is 0 Å². The molecule has 20 heavy (non-hydrogen) atoms. The van der Waals surface area contributed by atoms with Crippen LogP contribution in [-0.2, 0) is 14.6 Å². The highest BCUT2D eigenvalue weighted by Crippen LogP contribution is 2.32. The smallest absolute Gasteiger partial charge is 0.175 e. The Morgan fingerprint density at radius 1 is 1.25 bits per heavy atom. The van der Waals surface area contributed by atoms with Crippen molar-refractivity contribution in [3.05, 3.63) is 29.8 Å². The highest BCUT2D eigenvalue weighted by molar-refractivity contribution is 7.90. The van der Waals surface area contributed by atoms with Gasteiger partial charge in [-0.1, -0.05) is 26.0 Å². The molecule has 1 aliphatic rings. The Kier molecular flexibility index (Phi) is 4.52. The molecule has 1 atom stereocenters. The third kappa shape index (κ3) is 3.22. The van der Waals surface area contributed by atoms with Gasteiger partial charge in [-0.15, -0.1) is 0 Å². The molecule has 0 aromatic heterocycles. The summed E-state index contributed by atoms with van der Waals surface area (Å²) >= 11 is 0. The molecule has 0 spiro atoms. The summed E-state index contributed by atoms with van der Waals surface area (Å²) in [7, 11) is -3.14. The second-order valence-corrected chi connectivity index (χ2v) is 7.48. The predicted octanol–water partition coefficient (Wildman–Crippen LogP) is 2.31. The zero-order valence-electron chi connectivity index (χ0n) is 12.3. The summed E-state index contributed by atoms with van der Waals surface area (Å²) in [5.41, 5.74) is 0.911. The Hall–Kier alpha value is -0.910. The van der Waals surface area contributed by atoms with Crippen LogP contribution in [0.2, 0.25) is 0 Å². The second kappa shape index (κ2) is 5.84. The van der Waals surface area contributed by atoms with Crippen LogP contribution in [0.3, 0.4) is 0 Å². The maximum atomic E-state index is 11.5. The van der Waals surface area contributed by atoms with Gasteiger partial charge in [0.2, 0.25) is 0 Å². The number of benzene rings is 1. The summed E-state index contributed by atoms with van der Waals surface area (Å²) in [6, 6.07) is 7.01. The number of ether oxygens (including phenoxy) is 1. The topological polar surface area (TPSA) is 55.4 Å². The van der Waals surface area contributed by atoms with Crippen molar-refractivity contribution in [1.82, 2.24) is 5.32 Å². The molecule has 1 saturated heterocycles. The molecule has 2 rings (SSSR count). The van der Waals surface area contributed by atoms with Crippen molar-refractivity contribution in [2.45, 2.75) is 43.3 Å². The fourth-order valence-corrected chi connectivity index (χ4v) is 3.23. The molecule has 1 N–H and O–H groups in total. The van der Waals surface area contributed by atoms with Crippen molar-refractivity contribution in [1.29, 1.82) is 0 Å². The highest BCUT2D eigenvalue weighted by atomic mass is 32.2. The van der Waals surface area contributed by atoms with Crippen molar-refractivity contribution in [3.8, 4) is 0 Å². The van der Waals surface area contributed by atoms with E-state index in [0.717, 1.165) is 31.5 Å². The van der Waals surface area contributed by atoms with Crippen molar-refractivity contribution >= 4 is 9.84 Å². The second-order valence-electron chi connectivity index (χ2n) is 5.47. The van der Waals surface area contributed by atoms with E-state index in [2.05, 4.69) is 19.2 Å². The normalized spacial score (nSPS) is 22.6. The molecule has 1 aromatic rings. The molecule has 5 heteroatoms. The zero-order valence-corrected chi connectivity index (χ0v) is 13.2. The van der Waals surface area contributed by atoms with Gasteiger partial charge in [-0.25, -0.2) is 8.42 Å². The third-order valence-electron chi connectivity index (χ3n) is 4.14. The van der Waals surface area contributed by atoms with Crippen LogP contribution in [0.1, 0.15) is 38.4 Å². The average Bonchev–Trinajstić information content (AvgIpc) is 2.46. The maximum Gasteiger partial charge on any atom is 0.175 e. The largest absolute Gasteiger partial charge is 0.364 e. The Balaban J connectivity index is 2.19. The minimum absolute atomic E-state index is 0.0164. The van der Waals surface area contributed by atoms with Gasteiger partial charge in [0, 0.05) is 19.3 Å². The summed E-state index contributed by atoms with van der Waals surface area (Å²) in [6.45, 7) is 5.92. The Bertz CT molecular complexity index is 547. The quantitative estimate of drug-likeness (QED) is 0.926. The summed E-state index contributed by atoms with van der Waals surface area (Å²) in [5.74, 6) is 0. The monoisotopic (exact) mass is 297 g/mol. The molecule has 0 aliphatic carbocycles. The van der Waals surface area contributed by atoms with Gasteiger partial charge >= 0.3 is 0 Å². The van der Waals surface area contributed by atoms with E-state index in [1.54, 1.807) is 12.1 Å². The molecule has 1 fully saturated rings. The minimum Gasteiger partial charge on any atom is -0.364 e. The van der Waals surface area contributed by atoms with Crippen molar-refractivity contribution < 1.29 is 13.2 Å². The molecule has 112 valence electrons. The number of rotatable bonds is 4. The van der Waals surface area contributed by atoms with Gasteiger partial charge < -0.3 is 10.1 Å². The summed E-state index contributed by atoms with van der Waals surface area (Å²) in [4.78, 5) is 0.349. The van der Waals surface area contributed by atoms with Crippen LogP contribution in [0.25, 0.3) is 0 Å². The molecule has 1 aromatic carbocycles. The van der Waals surface area contributed by atoms with Crippen molar-refractivity contribution in [3.63, 3.8) is 0 Å². The van der Waals surface area contributed by atoms with E-state index in [1.807, 2.05) is 12.1 Å². The molecular formula is C15H23NO3S. The SMILES string of the molecule is CCC1(CC)CNCC(c2ccc(S(C)(=O)=O)cc2)O1. The van der Waals surface area contributed by atoms with Gasteiger partial charge in [0.1, 0.15) is 0 Å². The lowest BCUT2D eigenvalue weighted by molar-refractivity contribution is -0.122. The van der Waals surface area contributed by atoms with E-state index in [-0.39, 0.29) is 11.7 Å². The van der Waals surface area contributed by atoms with Gasteiger partial charge in [-0.05, 0) is 30.5 Å². The first-order valence-electron chi connectivity index (χ1n) is 7.09. The Labute approximate surface area is 121 Å². The van der Waals surface area contributed by atoms with Gasteiger partial charge in [0.05, 0.1) is 16.6 Å². The van der Waals surface area contributed by atoms with Crippen molar-refractivity contribution in [2.75, 3.05) is 19.3 Å². The lowest BCUT2D eigenvalue weighted by atomic mass is 9.93. The molecular weight excluding hydrogens is 274 g/mol. The van der Waals surface area contributed by atoms with Crippen LogP contribution in [0.5, 0.6) is 0 Å². The fourth-order valence-electron chi connectivity index (χ4n) is 2.60. The number of morpholine rings is 1. The predicted molar refractivity (Wildman–Crippen MR) is 79.6 cm³/mol. The standard InChI is InChI=1S/C15H23NO3S/c1-4-15(5-2)11-16-10-14(19-15)12-6-8-13(9-7-12)20(3,17)18/h6-9,14,16H,4-5,10-11H2,1-3H3. The van der Waals surface area contributed by atoms with Crippen LogP contribution in [0, 0.1) is 0 Å². The summed E-state index contributed by atoms with van der Waals surface area (Å²) in [6.07, 6.45) is 3.14. The van der Waals surface area contributed by atoms with Gasteiger partial charge in [0.15, 0.2) is 9.84 Å². The van der Waals surface area contributed by atoms with E-state index in [4.69, 9.17) is 4.74 Å². The Morgan fingerprint density at radius 2 is 1.85 bits per heavy atom. The molecule has 1 heterocycles. The number of sulfone groups is 1. The first-order valence-corrected chi connectivity index (χ1v) is 8.98. The van der Waals surface area contributed by atoms with Gasteiger partial charge in [0.25, 0.3) is 0 Å². The van der Waals surface area contributed by atoms with Crippen LogP contribution >= 0.6 is 0 Å². The van der Waals surface area contributed by atoms with E-state index in [0.29, 0.717) is 4.90 Å². The highest BCUT2D eigenvalue weighted by Gasteiger charge is 2.34.